The summed E-state index contributed by atoms with van der Waals surface area (Å²) in [5.41, 5.74) is 3.66. The second-order valence-electron chi connectivity index (χ2n) is 9.52. The van der Waals surface area contributed by atoms with E-state index in [1.807, 2.05) is 59.6 Å². The zero-order chi connectivity index (χ0) is 28.3. The van der Waals surface area contributed by atoms with E-state index in [2.05, 4.69) is 17.1 Å². The van der Waals surface area contributed by atoms with Crippen LogP contribution in [-0.2, 0) is 9.53 Å². The van der Waals surface area contributed by atoms with Gasteiger partial charge < -0.3 is 20.3 Å². The number of hydrogen-bond donors (Lipinski definition) is 2. The summed E-state index contributed by atoms with van der Waals surface area (Å²) in [4.78, 5) is 40.0. The number of hydrogen-bond acceptors (Lipinski definition) is 6. The van der Waals surface area contributed by atoms with E-state index in [4.69, 9.17) is 4.74 Å². The van der Waals surface area contributed by atoms with Crippen molar-refractivity contribution in [2.45, 2.75) is 12.8 Å². The Bertz CT molecular complexity index is 1290. The first-order valence-corrected chi connectivity index (χ1v) is 13.5. The third-order valence-electron chi connectivity index (χ3n) is 6.59. The van der Waals surface area contributed by atoms with Crippen molar-refractivity contribution >= 4 is 29.3 Å². The van der Waals surface area contributed by atoms with Gasteiger partial charge in [-0.15, -0.1) is 0 Å². The number of benzene rings is 3. The Morgan fingerprint density at radius 3 is 2.40 bits per heavy atom. The van der Waals surface area contributed by atoms with Gasteiger partial charge in [0.25, 0.3) is 5.91 Å². The Balaban J connectivity index is 1.43. The van der Waals surface area contributed by atoms with E-state index in [0.29, 0.717) is 24.3 Å². The molecule has 0 aliphatic carbocycles. The molecule has 1 aliphatic rings. The van der Waals surface area contributed by atoms with Crippen LogP contribution in [0.25, 0.3) is 11.1 Å². The first-order chi connectivity index (χ1) is 19.5. The van der Waals surface area contributed by atoms with Crippen LogP contribution in [0.1, 0.15) is 23.2 Å². The number of carbonyl (C=O) groups is 3. The minimum atomic E-state index is -0.486. The molecule has 9 heteroatoms. The fraction of sp³-hybridized carbons (Fsp3) is 0.290. The number of anilines is 2. The highest BCUT2D eigenvalue weighted by Crippen LogP contribution is 2.33. The largest absolute Gasteiger partial charge is 0.446 e. The van der Waals surface area contributed by atoms with E-state index >= 15 is 0 Å². The summed E-state index contributed by atoms with van der Waals surface area (Å²) in [7, 11) is 3.35. The number of amides is 3. The molecule has 209 valence electrons. The Kier molecular flexibility index (Phi) is 10.3. The summed E-state index contributed by atoms with van der Waals surface area (Å²) in [5, 5.41) is 9.20. The van der Waals surface area contributed by atoms with Crippen LogP contribution in [0.4, 0.5) is 16.2 Å². The first kappa shape index (κ1) is 28.8. The minimum Gasteiger partial charge on any atom is -0.446 e. The van der Waals surface area contributed by atoms with Crippen LogP contribution < -0.4 is 15.6 Å². The Morgan fingerprint density at radius 2 is 1.65 bits per heavy atom. The normalized spacial score (nSPS) is 13.3. The van der Waals surface area contributed by atoms with Gasteiger partial charge in [-0.05, 0) is 56.1 Å². The van der Waals surface area contributed by atoms with Crippen molar-refractivity contribution in [2.24, 2.45) is 0 Å². The Hall–Kier alpha value is -4.21. The molecular formula is C31H36N5O4. The lowest BCUT2D eigenvalue weighted by molar-refractivity contribution is -0.115. The van der Waals surface area contributed by atoms with Crippen molar-refractivity contribution in [3.8, 4) is 11.1 Å². The number of nitrogens with one attached hydrogen (secondary N) is 2. The van der Waals surface area contributed by atoms with Gasteiger partial charge in [0, 0.05) is 37.0 Å². The summed E-state index contributed by atoms with van der Waals surface area (Å²) >= 11 is 0. The van der Waals surface area contributed by atoms with E-state index in [-0.39, 0.29) is 31.5 Å². The minimum absolute atomic E-state index is 0.0314. The van der Waals surface area contributed by atoms with Gasteiger partial charge in [-0.3, -0.25) is 9.59 Å². The van der Waals surface area contributed by atoms with Crippen LogP contribution in [-0.4, -0.2) is 74.7 Å². The van der Waals surface area contributed by atoms with Gasteiger partial charge in [0.15, 0.2) is 0 Å². The molecule has 0 aromatic heterocycles. The number of hydrazine groups is 1. The van der Waals surface area contributed by atoms with Crippen molar-refractivity contribution in [1.82, 2.24) is 15.2 Å². The summed E-state index contributed by atoms with van der Waals surface area (Å²) in [6.45, 7) is 1.83. The molecule has 1 aliphatic heterocycles. The van der Waals surface area contributed by atoms with Crippen LogP contribution in [0, 0.1) is 6.42 Å². The molecule has 3 aromatic carbocycles. The lowest BCUT2D eigenvalue weighted by atomic mass is 10.0. The maximum atomic E-state index is 13.6. The highest BCUT2D eigenvalue weighted by atomic mass is 16.6. The molecule has 1 saturated heterocycles. The first-order valence-electron chi connectivity index (χ1n) is 13.5. The van der Waals surface area contributed by atoms with E-state index in [1.54, 1.807) is 43.4 Å². The second-order valence-corrected chi connectivity index (χ2v) is 9.52. The van der Waals surface area contributed by atoms with Gasteiger partial charge >= 0.3 is 6.09 Å². The maximum Gasteiger partial charge on any atom is 0.429 e. The van der Waals surface area contributed by atoms with E-state index in [0.717, 1.165) is 29.7 Å². The number of nitrogens with zero attached hydrogens (tertiary/aromatic N) is 3. The topological polar surface area (TPSA) is 94.2 Å². The highest BCUT2D eigenvalue weighted by molar-refractivity contribution is 5.97. The zero-order valence-electron chi connectivity index (χ0n) is 23.0. The van der Waals surface area contributed by atoms with Gasteiger partial charge in [-0.1, -0.05) is 54.6 Å². The summed E-state index contributed by atoms with van der Waals surface area (Å²) in [6, 6.07) is 24.5. The molecule has 0 atom stereocenters. The van der Waals surface area contributed by atoms with Crippen LogP contribution in [0.3, 0.4) is 0 Å². The van der Waals surface area contributed by atoms with Gasteiger partial charge in [-0.2, -0.15) is 0 Å². The third-order valence-corrected chi connectivity index (χ3v) is 6.59. The Labute approximate surface area is 235 Å². The number of rotatable bonds is 10. The zero-order valence-corrected chi connectivity index (χ0v) is 23.0. The number of para-hydroxylation sites is 1. The van der Waals surface area contributed by atoms with Crippen molar-refractivity contribution < 1.29 is 19.1 Å². The molecule has 2 N–H and O–H groups in total. The van der Waals surface area contributed by atoms with Crippen LogP contribution in [0.2, 0.25) is 0 Å². The average molecular weight is 543 g/mol. The average Bonchev–Trinajstić information content (AvgIpc) is 2.98. The standard InChI is InChI=1S/C31H36N5O4/c1-32-23-29(37)33-26-15-11-14-25(22-26)30(38)34(2)20-21-40-31(39)36(35-18-9-4-10-19-35)28-17-8-7-16-27(28)24-12-5-3-6-13-24/h3-8,11-17,22,32H,9-10,18-21,23H2,1-2H3,(H,33,37). The predicted molar refractivity (Wildman–Crippen MR) is 157 cm³/mol. The van der Waals surface area contributed by atoms with Crippen molar-refractivity contribution in [2.75, 3.05) is 57.2 Å². The third kappa shape index (κ3) is 7.46. The van der Waals surface area contributed by atoms with Crippen LogP contribution in [0.15, 0.2) is 78.9 Å². The van der Waals surface area contributed by atoms with E-state index in [9.17, 15) is 14.4 Å². The van der Waals surface area contributed by atoms with Crippen molar-refractivity contribution in [3.63, 3.8) is 0 Å². The quantitative estimate of drug-likeness (QED) is 0.393. The molecule has 9 nitrogen and oxygen atoms in total. The summed E-state index contributed by atoms with van der Waals surface area (Å²) in [6.07, 6.45) is 3.50. The molecule has 0 spiro atoms. The van der Waals surface area contributed by atoms with Gasteiger partial charge in [-0.25, -0.2) is 14.8 Å². The van der Waals surface area contributed by atoms with Gasteiger partial charge in [0.2, 0.25) is 5.91 Å². The van der Waals surface area contributed by atoms with Gasteiger partial charge in [0.05, 0.1) is 18.8 Å². The smallest absolute Gasteiger partial charge is 0.429 e. The predicted octanol–water partition coefficient (Wildman–Crippen LogP) is 4.44. The SMILES string of the molecule is CNCC(=O)Nc1cccc(C(=O)N(C)CCOC(=O)N(c2ccccc2-c2ccccc2)N2CC[CH]CC2)c1. The lowest BCUT2D eigenvalue weighted by Crippen LogP contribution is -2.50. The Morgan fingerprint density at radius 1 is 0.925 bits per heavy atom. The van der Waals surface area contributed by atoms with Crippen molar-refractivity contribution in [3.05, 3.63) is 90.8 Å². The molecule has 0 bridgehead atoms. The maximum absolute atomic E-state index is 13.6. The molecule has 0 unspecified atom stereocenters. The molecule has 3 aromatic rings. The number of ether oxygens (including phenoxy) is 1. The molecule has 40 heavy (non-hydrogen) atoms. The second kappa shape index (κ2) is 14.3. The highest BCUT2D eigenvalue weighted by Gasteiger charge is 2.28. The van der Waals surface area contributed by atoms with Crippen molar-refractivity contribution in [1.29, 1.82) is 0 Å². The fourth-order valence-electron chi connectivity index (χ4n) is 4.57. The molecular weight excluding hydrogens is 506 g/mol. The lowest BCUT2D eigenvalue weighted by Gasteiger charge is -2.37. The monoisotopic (exact) mass is 542 g/mol. The molecule has 1 radical (unpaired) electrons. The number of carbonyl (C=O) groups excluding carboxylic acids is 3. The molecule has 4 rings (SSSR count). The molecule has 1 heterocycles. The molecule has 1 fully saturated rings. The number of likely N-dealkylation sites (N-methyl/N-ethyl adjacent to an activating group) is 2. The van der Waals surface area contributed by atoms with E-state index < -0.39 is 6.09 Å². The summed E-state index contributed by atoms with van der Waals surface area (Å²) < 4.78 is 5.74. The summed E-state index contributed by atoms with van der Waals surface area (Å²) in [5.74, 6) is -0.434. The molecule has 3 amide bonds. The van der Waals surface area contributed by atoms with Crippen LogP contribution >= 0.6 is 0 Å². The fourth-order valence-corrected chi connectivity index (χ4v) is 4.57. The number of piperidine rings is 1. The van der Waals surface area contributed by atoms with Gasteiger partial charge in [0.1, 0.15) is 6.61 Å². The van der Waals surface area contributed by atoms with Crippen LogP contribution in [0.5, 0.6) is 0 Å². The molecule has 0 saturated carbocycles. The van der Waals surface area contributed by atoms with E-state index in [1.165, 1.54) is 4.90 Å².